The SMILES string of the molecule is C[C@H](NC(=O)OC(C)(C)C)C(=O)N1C[C@@H](CCB2OC(C)(C)C(C)(C)O2)C[C@@](N=[N+]=[N-])(C(=O)OCc2ccccc2)C1. The quantitative estimate of drug-likeness (QED) is 0.140. The van der Waals surface area contributed by atoms with Crippen molar-refractivity contribution < 1.29 is 33.2 Å². The molecule has 42 heavy (non-hydrogen) atoms. The molecule has 2 saturated heterocycles. The molecular weight excluding hydrogens is 541 g/mol. The molecule has 0 aromatic heterocycles. The second-order valence-corrected chi connectivity index (χ2v) is 13.2. The highest BCUT2D eigenvalue weighted by molar-refractivity contribution is 6.45. The second kappa shape index (κ2) is 12.9. The zero-order valence-corrected chi connectivity index (χ0v) is 26.0. The van der Waals surface area contributed by atoms with E-state index in [1.807, 2.05) is 58.0 Å². The second-order valence-electron chi connectivity index (χ2n) is 13.2. The Morgan fingerprint density at radius 2 is 1.79 bits per heavy atom. The maximum Gasteiger partial charge on any atom is 0.457 e. The number of azide groups is 1. The fourth-order valence-electron chi connectivity index (χ4n) is 5.14. The minimum atomic E-state index is -1.65. The van der Waals surface area contributed by atoms with Crippen LogP contribution < -0.4 is 5.32 Å². The lowest BCUT2D eigenvalue weighted by Crippen LogP contribution is -2.60. The summed E-state index contributed by atoms with van der Waals surface area (Å²) in [6, 6.07) is 8.21. The van der Waals surface area contributed by atoms with Crippen molar-refractivity contribution in [3.05, 3.63) is 46.3 Å². The van der Waals surface area contributed by atoms with Gasteiger partial charge in [0, 0.05) is 18.0 Å². The number of ether oxygens (including phenoxy) is 2. The van der Waals surface area contributed by atoms with Crippen LogP contribution in [-0.4, -0.2) is 71.5 Å². The predicted molar refractivity (Wildman–Crippen MR) is 157 cm³/mol. The average molecular weight is 586 g/mol. The normalized spacial score (nSPS) is 23.9. The van der Waals surface area contributed by atoms with Crippen LogP contribution in [0.3, 0.4) is 0 Å². The smallest absolute Gasteiger partial charge is 0.457 e. The molecule has 0 radical (unpaired) electrons. The van der Waals surface area contributed by atoms with Crippen LogP contribution in [0.15, 0.2) is 35.4 Å². The maximum absolute atomic E-state index is 13.6. The number of likely N-dealkylation sites (tertiary alicyclic amines) is 1. The molecule has 12 nitrogen and oxygen atoms in total. The summed E-state index contributed by atoms with van der Waals surface area (Å²) in [7, 11) is -0.465. The number of nitrogens with one attached hydrogen (secondary N) is 1. The van der Waals surface area contributed by atoms with Crippen molar-refractivity contribution >= 4 is 25.1 Å². The molecule has 3 rings (SSSR count). The zero-order valence-electron chi connectivity index (χ0n) is 26.0. The van der Waals surface area contributed by atoms with Gasteiger partial charge in [0.15, 0.2) is 5.54 Å². The van der Waals surface area contributed by atoms with Crippen molar-refractivity contribution in [2.24, 2.45) is 11.0 Å². The Labute approximate surface area is 248 Å². The first-order chi connectivity index (χ1) is 19.5. The zero-order chi connectivity index (χ0) is 31.3. The van der Waals surface area contributed by atoms with Gasteiger partial charge in [0.05, 0.1) is 11.2 Å². The molecule has 0 unspecified atom stereocenters. The van der Waals surface area contributed by atoms with Crippen LogP contribution in [0.2, 0.25) is 6.32 Å². The van der Waals surface area contributed by atoms with Crippen molar-refractivity contribution in [1.82, 2.24) is 10.2 Å². The fraction of sp³-hybridized carbons (Fsp3) is 0.690. The summed E-state index contributed by atoms with van der Waals surface area (Å²) in [6.45, 7) is 14.7. The van der Waals surface area contributed by atoms with Gasteiger partial charge in [-0.15, -0.1) is 0 Å². The molecule has 0 bridgehead atoms. The highest BCUT2D eigenvalue weighted by Crippen LogP contribution is 2.40. The van der Waals surface area contributed by atoms with Gasteiger partial charge in [0.1, 0.15) is 18.2 Å². The van der Waals surface area contributed by atoms with Crippen molar-refractivity contribution in [3.63, 3.8) is 0 Å². The number of benzene rings is 1. The summed E-state index contributed by atoms with van der Waals surface area (Å²) in [5.41, 5.74) is 6.91. The largest absolute Gasteiger partial charge is 0.460 e. The number of piperidine rings is 1. The average Bonchev–Trinajstić information content (AvgIpc) is 3.10. The molecular formula is C29H44BN5O7. The Balaban J connectivity index is 1.81. The predicted octanol–water partition coefficient (Wildman–Crippen LogP) is 5.02. The first-order valence-corrected chi connectivity index (χ1v) is 14.4. The summed E-state index contributed by atoms with van der Waals surface area (Å²) in [5, 5.41) is 6.51. The molecule has 0 aliphatic carbocycles. The van der Waals surface area contributed by atoms with Crippen LogP contribution in [0.4, 0.5) is 4.79 Å². The molecule has 2 amide bonds. The van der Waals surface area contributed by atoms with Gasteiger partial charge < -0.3 is 29.0 Å². The molecule has 2 aliphatic heterocycles. The van der Waals surface area contributed by atoms with Crippen molar-refractivity contribution in [2.45, 2.75) is 110 Å². The topological polar surface area (TPSA) is 152 Å². The fourth-order valence-corrected chi connectivity index (χ4v) is 5.14. The molecule has 13 heteroatoms. The maximum atomic E-state index is 13.6. The first kappa shape index (κ1) is 33.2. The third kappa shape index (κ3) is 8.39. The number of carbonyl (C=O) groups is 3. The first-order valence-electron chi connectivity index (χ1n) is 14.4. The Kier molecular flexibility index (Phi) is 10.2. The number of rotatable bonds is 9. The Hall–Kier alpha value is -3.28. The number of nitrogens with zero attached hydrogens (tertiary/aromatic N) is 4. The summed E-state index contributed by atoms with van der Waals surface area (Å²) in [5.74, 6) is -1.39. The van der Waals surface area contributed by atoms with E-state index >= 15 is 0 Å². The molecule has 3 atom stereocenters. The molecule has 0 spiro atoms. The van der Waals surface area contributed by atoms with Crippen LogP contribution in [-0.2, 0) is 35.0 Å². The Bertz CT molecular complexity index is 1170. The number of hydrogen-bond donors (Lipinski definition) is 1. The molecule has 2 aliphatic rings. The van der Waals surface area contributed by atoms with E-state index in [1.165, 1.54) is 4.90 Å². The van der Waals surface area contributed by atoms with E-state index in [4.69, 9.17) is 18.8 Å². The van der Waals surface area contributed by atoms with Gasteiger partial charge in [-0.25, -0.2) is 4.79 Å². The van der Waals surface area contributed by atoms with E-state index in [0.29, 0.717) is 12.7 Å². The number of alkyl carbamates (subject to hydrolysis) is 1. The van der Waals surface area contributed by atoms with E-state index in [9.17, 15) is 19.9 Å². The number of carbonyl (C=O) groups excluding carboxylic acids is 3. The van der Waals surface area contributed by atoms with Gasteiger partial charge in [-0.3, -0.25) is 9.59 Å². The number of amides is 2. The summed E-state index contributed by atoms with van der Waals surface area (Å²) in [6.07, 6.45) is 0.489. The van der Waals surface area contributed by atoms with Gasteiger partial charge in [-0.1, -0.05) is 41.9 Å². The third-order valence-electron chi connectivity index (χ3n) is 7.91. The minimum absolute atomic E-state index is 0.00843. The van der Waals surface area contributed by atoms with E-state index in [1.54, 1.807) is 27.7 Å². The van der Waals surface area contributed by atoms with Crippen molar-refractivity contribution in [2.75, 3.05) is 13.1 Å². The summed E-state index contributed by atoms with van der Waals surface area (Å²) < 4.78 is 23.2. The van der Waals surface area contributed by atoms with Crippen LogP contribution in [0.25, 0.3) is 10.4 Å². The summed E-state index contributed by atoms with van der Waals surface area (Å²) in [4.78, 5) is 44.0. The lowest BCUT2D eigenvalue weighted by atomic mass is 9.74. The van der Waals surface area contributed by atoms with Gasteiger partial charge in [0.25, 0.3) is 0 Å². The minimum Gasteiger partial charge on any atom is -0.460 e. The van der Waals surface area contributed by atoms with Gasteiger partial charge >= 0.3 is 19.2 Å². The molecule has 2 heterocycles. The van der Waals surface area contributed by atoms with Gasteiger partial charge in [-0.2, -0.15) is 0 Å². The lowest BCUT2D eigenvalue weighted by molar-refractivity contribution is -0.156. The highest BCUT2D eigenvalue weighted by Gasteiger charge is 2.52. The van der Waals surface area contributed by atoms with E-state index in [2.05, 4.69) is 15.3 Å². The van der Waals surface area contributed by atoms with Crippen LogP contribution in [0.1, 0.15) is 73.8 Å². The van der Waals surface area contributed by atoms with Crippen molar-refractivity contribution in [1.29, 1.82) is 0 Å². The van der Waals surface area contributed by atoms with E-state index in [0.717, 1.165) is 5.56 Å². The van der Waals surface area contributed by atoms with Gasteiger partial charge in [0.2, 0.25) is 5.91 Å². The molecule has 1 N–H and O–H groups in total. The molecule has 1 aromatic rings. The van der Waals surface area contributed by atoms with Crippen molar-refractivity contribution in [3.8, 4) is 0 Å². The van der Waals surface area contributed by atoms with E-state index in [-0.39, 0.29) is 32.0 Å². The molecule has 0 saturated carbocycles. The standard InChI is InChI=1S/C29H44BN5O7/c1-20(32-25(38)40-26(2,3)4)23(36)35-17-22(14-15-30-41-27(5,6)28(7,8)42-30)16-29(19-35,33-34-31)24(37)39-18-21-12-10-9-11-13-21/h9-13,20,22H,14-19H2,1-8H3,(H,32,38)/t20-,22-,29-/m0/s1. The Morgan fingerprint density at radius 1 is 1.17 bits per heavy atom. The highest BCUT2D eigenvalue weighted by atomic mass is 16.7. The number of esters is 1. The summed E-state index contributed by atoms with van der Waals surface area (Å²) >= 11 is 0. The van der Waals surface area contributed by atoms with E-state index < -0.39 is 53.5 Å². The van der Waals surface area contributed by atoms with Gasteiger partial charge in [-0.05, 0) is 85.1 Å². The van der Waals surface area contributed by atoms with Crippen LogP contribution in [0, 0.1) is 5.92 Å². The molecule has 1 aromatic carbocycles. The lowest BCUT2D eigenvalue weighted by Gasteiger charge is -2.43. The monoisotopic (exact) mass is 585 g/mol. The molecule has 2 fully saturated rings. The van der Waals surface area contributed by atoms with Crippen LogP contribution in [0.5, 0.6) is 0 Å². The van der Waals surface area contributed by atoms with Crippen LogP contribution >= 0.6 is 0 Å². The third-order valence-corrected chi connectivity index (χ3v) is 7.91. The molecule has 230 valence electrons. The number of hydrogen-bond acceptors (Lipinski definition) is 8. The Morgan fingerprint density at radius 3 is 2.36 bits per heavy atom.